The van der Waals surface area contributed by atoms with Gasteiger partial charge in [-0.1, -0.05) is 17.3 Å². The van der Waals surface area contributed by atoms with Crippen molar-refractivity contribution in [1.82, 2.24) is 8.87 Å². The van der Waals surface area contributed by atoms with E-state index in [9.17, 15) is 23.3 Å². The van der Waals surface area contributed by atoms with E-state index in [4.69, 9.17) is 11.2 Å². The molecule has 3 aromatic rings. The largest absolute Gasteiger partial charge is 0.497 e. The summed E-state index contributed by atoms with van der Waals surface area (Å²) in [7, 11) is -2.44. The molecule has 1 atom stereocenters. The van der Waals surface area contributed by atoms with Crippen molar-refractivity contribution in [3.63, 3.8) is 0 Å². The zero-order valence-electron chi connectivity index (χ0n) is 18.1. The number of rotatable bonds is 6. The fourth-order valence-electron chi connectivity index (χ4n) is 3.83. The number of hydrogen-bond donors (Lipinski definition) is 0. The Morgan fingerprint density at radius 2 is 2.06 bits per heavy atom. The molecule has 1 aromatic heterocycles. The molecule has 1 unspecified atom stereocenters. The summed E-state index contributed by atoms with van der Waals surface area (Å²) in [5.41, 5.74) is 0.515. The quantitative estimate of drug-likeness (QED) is 0.291. The second-order valence-electron chi connectivity index (χ2n) is 7.48. The number of nitrogens with zero attached hydrogens (tertiary/aromatic N) is 4. The fourth-order valence-corrected chi connectivity index (χ4v) is 6.55. The predicted octanol–water partition coefficient (Wildman–Crippen LogP) is 2.53. The van der Waals surface area contributed by atoms with E-state index in [1.54, 1.807) is 22.8 Å². The first kappa shape index (κ1) is 23.6. The number of methoxy groups -OCH3 is 1. The minimum Gasteiger partial charge on any atom is -0.497 e. The summed E-state index contributed by atoms with van der Waals surface area (Å²) in [6, 6.07) is 9.31. The number of benzene rings is 2. The summed E-state index contributed by atoms with van der Waals surface area (Å²) < 4.78 is 34.8. The van der Waals surface area contributed by atoms with Crippen molar-refractivity contribution in [3.8, 4) is 18.1 Å². The molecule has 4 rings (SSSR count). The maximum absolute atomic E-state index is 13.2. The third kappa shape index (κ3) is 4.33. The normalized spacial score (nSPS) is 17.1. The SMILES string of the molecule is C#CCn1c(=NC(=O)C2CCCN2S(=O)(=O)c2ccc(OC)cc2)sc2cc([N+](=O)[O-])ccc21. The van der Waals surface area contributed by atoms with Crippen LogP contribution < -0.4 is 9.54 Å². The Hall–Kier alpha value is -3.53. The lowest BCUT2D eigenvalue weighted by molar-refractivity contribution is -0.384. The van der Waals surface area contributed by atoms with Gasteiger partial charge in [0.25, 0.3) is 11.6 Å². The molecule has 0 radical (unpaired) electrons. The minimum absolute atomic E-state index is 0.0598. The fraction of sp³-hybridized carbons (Fsp3) is 0.273. The minimum atomic E-state index is -3.92. The zero-order valence-corrected chi connectivity index (χ0v) is 19.7. The topological polar surface area (TPSA) is 124 Å². The molecule has 12 heteroatoms. The molecule has 1 saturated heterocycles. The number of amides is 1. The van der Waals surface area contributed by atoms with Crippen LogP contribution in [0, 0.1) is 22.5 Å². The number of aromatic nitrogens is 1. The van der Waals surface area contributed by atoms with Crippen LogP contribution in [-0.2, 0) is 21.4 Å². The number of fused-ring (bicyclic) bond motifs is 1. The van der Waals surface area contributed by atoms with Gasteiger partial charge in [0.1, 0.15) is 11.8 Å². The molecule has 0 bridgehead atoms. The number of sulfonamides is 1. The van der Waals surface area contributed by atoms with Gasteiger partial charge in [0.15, 0.2) is 4.80 Å². The Balaban J connectivity index is 1.72. The van der Waals surface area contributed by atoms with Gasteiger partial charge < -0.3 is 9.30 Å². The summed E-state index contributed by atoms with van der Waals surface area (Å²) in [4.78, 5) is 28.3. The van der Waals surface area contributed by atoms with Gasteiger partial charge in [-0.25, -0.2) is 8.42 Å². The van der Waals surface area contributed by atoms with E-state index in [1.165, 1.54) is 35.7 Å². The lowest BCUT2D eigenvalue weighted by Crippen LogP contribution is -2.40. The van der Waals surface area contributed by atoms with Crippen LogP contribution in [0.3, 0.4) is 0 Å². The molecular formula is C22H20N4O6S2. The van der Waals surface area contributed by atoms with Gasteiger partial charge in [0.05, 0.1) is 33.7 Å². The summed E-state index contributed by atoms with van der Waals surface area (Å²) >= 11 is 1.09. The van der Waals surface area contributed by atoms with Crippen LogP contribution in [0.1, 0.15) is 12.8 Å². The van der Waals surface area contributed by atoms with Crippen LogP contribution in [0.4, 0.5) is 5.69 Å². The molecular weight excluding hydrogens is 480 g/mol. The number of terminal acetylenes is 1. The van der Waals surface area contributed by atoms with Crippen LogP contribution in [0.5, 0.6) is 5.75 Å². The first-order valence-electron chi connectivity index (χ1n) is 10.2. The molecule has 10 nitrogen and oxygen atoms in total. The lowest BCUT2D eigenvalue weighted by Gasteiger charge is -2.21. The van der Waals surface area contributed by atoms with E-state index in [2.05, 4.69) is 10.9 Å². The van der Waals surface area contributed by atoms with Gasteiger partial charge in [-0.2, -0.15) is 9.30 Å². The molecule has 176 valence electrons. The average molecular weight is 501 g/mol. The second kappa shape index (κ2) is 9.38. The highest BCUT2D eigenvalue weighted by Gasteiger charge is 2.39. The van der Waals surface area contributed by atoms with E-state index < -0.39 is 26.9 Å². The highest BCUT2D eigenvalue weighted by atomic mass is 32.2. The van der Waals surface area contributed by atoms with Crippen molar-refractivity contribution in [2.75, 3.05) is 13.7 Å². The predicted molar refractivity (Wildman–Crippen MR) is 126 cm³/mol. The lowest BCUT2D eigenvalue weighted by atomic mass is 10.2. The van der Waals surface area contributed by atoms with Crippen molar-refractivity contribution in [2.45, 2.75) is 30.3 Å². The van der Waals surface area contributed by atoms with Crippen molar-refractivity contribution in [3.05, 3.63) is 57.4 Å². The van der Waals surface area contributed by atoms with Crippen LogP contribution in [0.15, 0.2) is 52.4 Å². The number of carbonyl (C=O) groups excluding carboxylic acids is 1. The van der Waals surface area contributed by atoms with Crippen LogP contribution in [-0.4, -0.2) is 47.8 Å². The molecule has 1 fully saturated rings. The van der Waals surface area contributed by atoms with E-state index in [1.807, 2.05) is 0 Å². The Morgan fingerprint density at radius 3 is 2.71 bits per heavy atom. The summed E-state index contributed by atoms with van der Waals surface area (Å²) in [6.45, 7) is 0.297. The summed E-state index contributed by atoms with van der Waals surface area (Å²) in [5, 5.41) is 11.1. The third-order valence-corrected chi connectivity index (χ3v) is 8.45. The van der Waals surface area contributed by atoms with E-state index >= 15 is 0 Å². The Bertz CT molecular complexity index is 1480. The number of carbonyl (C=O) groups is 1. The van der Waals surface area contributed by atoms with Crippen LogP contribution in [0.25, 0.3) is 10.2 Å². The van der Waals surface area contributed by atoms with Gasteiger partial charge in [-0.3, -0.25) is 14.9 Å². The zero-order chi connectivity index (χ0) is 24.5. The van der Waals surface area contributed by atoms with Crippen LogP contribution >= 0.6 is 11.3 Å². The number of nitro benzene ring substituents is 1. The first-order chi connectivity index (χ1) is 16.3. The van der Waals surface area contributed by atoms with Gasteiger partial charge in [-0.05, 0) is 43.2 Å². The Kier molecular flexibility index (Phi) is 6.52. The molecule has 0 N–H and O–H groups in total. The molecule has 2 heterocycles. The second-order valence-corrected chi connectivity index (χ2v) is 10.4. The van der Waals surface area contributed by atoms with Crippen molar-refractivity contribution < 1.29 is 22.9 Å². The summed E-state index contributed by atoms with van der Waals surface area (Å²) in [6.07, 6.45) is 6.33. The van der Waals surface area contributed by atoms with Crippen molar-refractivity contribution in [2.24, 2.45) is 4.99 Å². The van der Waals surface area contributed by atoms with Gasteiger partial charge >= 0.3 is 0 Å². The first-order valence-corrected chi connectivity index (χ1v) is 12.5. The molecule has 1 amide bonds. The van der Waals surface area contributed by atoms with Crippen molar-refractivity contribution in [1.29, 1.82) is 0 Å². The van der Waals surface area contributed by atoms with Crippen molar-refractivity contribution >= 4 is 43.2 Å². The monoisotopic (exact) mass is 500 g/mol. The van der Waals surface area contributed by atoms with Gasteiger partial charge in [0, 0.05) is 18.7 Å². The molecule has 1 aliphatic rings. The highest BCUT2D eigenvalue weighted by molar-refractivity contribution is 7.89. The summed E-state index contributed by atoms with van der Waals surface area (Å²) in [5.74, 6) is 2.40. The van der Waals surface area contributed by atoms with Gasteiger partial charge in [0.2, 0.25) is 10.0 Å². The number of ether oxygens (including phenoxy) is 1. The standard InChI is InChI=1S/C22H20N4O6S2/c1-3-12-24-18-11-6-15(26(28)29)14-20(18)33-22(24)23-21(27)19-5-4-13-25(19)34(30,31)17-9-7-16(32-2)8-10-17/h1,6-11,14,19H,4-5,12-13H2,2H3. The van der Waals surface area contributed by atoms with Crippen LogP contribution in [0.2, 0.25) is 0 Å². The molecule has 0 saturated carbocycles. The maximum atomic E-state index is 13.2. The Labute approximate surface area is 199 Å². The number of thiazole rings is 1. The average Bonchev–Trinajstić information content (AvgIpc) is 3.45. The van der Waals surface area contributed by atoms with E-state index in [0.29, 0.717) is 28.8 Å². The molecule has 0 aliphatic carbocycles. The third-order valence-electron chi connectivity index (χ3n) is 5.49. The maximum Gasteiger partial charge on any atom is 0.270 e. The van der Waals surface area contributed by atoms with E-state index in [-0.39, 0.29) is 28.5 Å². The Morgan fingerprint density at radius 1 is 1.32 bits per heavy atom. The molecule has 1 aliphatic heterocycles. The number of hydrogen-bond acceptors (Lipinski definition) is 7. The number of nitro groups is 1. The smallest absolute Gasteiger partial charge is 0.270 e. The highest BCUT2D eigenvalue weighted by Crippen LogP contribution is 2.28. The molecule has 0 spiro atoms. The van der Waals surface area contributed by atoms with Gasteiger partial charge in [-0.15, -0.1) is 6.42 Å². The molecule has 2 aromatic carbocycles. The molecule has 34 heavy (non-hydrogen) atoms. The van der Waals surface area contributed by atoms with E-state index in [0.717, 1.165) is 11.3 Å². The number of non-ortho nitro benzene ring substituents is 1.